The molecule has 0 aliphatic carbocycles. The largest absolute Gasteiger partial charge is 0.497 e. The predicted molar refractivity (Wildman–Crippen MR) is 84.9 cm³/mol. The molecule has 0 fully saturated rings. The van der Waals surface area contributed by atoms with E-state index in [1.54, 1.807) is 14.2 Å². The summed E-state index contributed by atoms with van der Waals surface area (Å²) in [5.41, 5.74) is 2.42. The van der Waals surface area contributed by atoms with Crippen molar-refractivity contribution < 1.29 is 9.47 Å². The monoisotopic (exact) mass is 288 g/mol. The number of aromatic nitrogens is 1. The summed E-state index contributed by atoms with van der Waals surface area (Å²) in [4.78, 5) is 0. The Labute approximate surface area is 126 Å². The number of hydrogen-bond donors (Lipinski definition) is 1. The number of nitrogens with zero attached hydrogens (tertiary/aromatic N) is 1. The second kappa shape index (κ2) is 7.18. The molecule has 0 saturated heterocycles. The normalized spacial score (nSPS) is 12.2. The van der Waals surface area contributed by atoms with E-state index in [1.165, 1.54) is 5.69 Å². The topological polar surface area (TPSA) is 35.4 Å². The van der Waals surface area contributed by atoms with E-state index < -0.39 is 0 Å². The van der Waals surface area contributed by atoms with Crippen LogP contribution in [0.15, 0.2) is 36.5 Å². The third-order valence-electron chi connectivity index (χ3n) is 3.76. The van der Waals surface area contributed by atoms with Gasteiger partial charge in [-0.15, -0.1) is 0 Å². The molecule has 1 aromatic carbocycles. The minimum absolute atomic E-state index is 0.200. The van der Waals surface area contributed by atoms with Crippen LogP contribution < -0.4 is 14.8 Å². The zero-order valence-corrected chi connectivity index (χ0v) is 13.2. The molecule has 0 saturated carbocycles. The van der Waals surface area contributed by atoms with Crippen molar-refractivity contribution in [3.8, 4) is 11.5 Å². The summed E-state index contributed by atoms with van der Waals surface area (Å²) in [6.45, 7) is 6.12. The van der Waals surface area contributed by atoms with E-state index in [9.17, 15) is 0 Å². The minimum atomic E-state index is 0.200. The maximum Gasteiger partial charge on any atom is 0.127 e. The van der Waals surface area contributed by atoms with Gasteiger partial charge in [0.15, 0.2) is 0 Å². The lowest BCUT2D eigenvalue weighted by Gasteiger charge is -2.18. The second-order valence-electron chi connectivity index (χ2n) is 5.00. The van der Waals surface area contributed by atoms with Crippen LogP contribution in [0.4, 0.5) is 0 Å². The van der Waals surface area contributed by atoms with Crippen molar-refractivity contribution >= 4 is 0 Å². The van der Waals surface area contributed by atoms with Gasteiger partial charge in [-0.1, -0.05) is 6.07 Å². The van der Waals surface area contributed by atoms with Crippen molar-refractivity contribution in [1.29, 1.82) is 0 Å². The van der Waals surface area contributed by atoms with Gasteiger partial charge in [0.05, 0.1) is 14.2 Å². The number of benzene rings is 1. The molecular formula is C17H24N2O2. The first-order valence-electron chi connectivity index (χ1n) is 7.29. The van der Waals surface area contributed by atoms with Crippen LogP contribution in [-0.4, -0.2) is 18.8 Å². The lowest BCUT2D eigenvalue weighted by Crippen LogP contribution is -2.20. The Hall–Kier alpha value is -1.94. The quantitative estimate of drug-likeness (QED) is 0.848. The lowest BCUT2D eigenvalue weighted by molar-refractivity contribution is 0.385. The summed E-state index contributed by atoms with van der Waals surface area (Å²) in [5.74, 6) is 1.66. The van der Waals surface area contributed by atoms with E-state index >= 15 is 0 Å². The van der Waals surface area contributed by atoms with Gasteiger partial charge >= 0.3 is 0 Å². The molecule has 0 radical (unpaired) electrons. The third kappa shape index (κ3) is 3.58. The molecule has 1 N–H and O–H groups in total. The molecule has 0 amide bonds. The predicted octanol–water partition coefficient (Wildman–Crippen LogP) is 3.38. The van der Waals surface area contributed by atoms with Crippen LogP contribution in [0.3, 0.4) is 0 Å². The highest BCUT2D eigenvalue weighted by Gasteiger charge is 2.12. The smallest absolute Gasteiger partial charge is 0.127 e. The maximum atomic E-state index is 5.47. The van der Waals surface area contributed by atoms with Crippen molar-refractivity contribution in [2.75, 3.05) is 14.2 Å². The molecule has 1 aromatic heterocycles. The van der Waals surface area contributed by atoms with Crippen LogP contribution in [0, 0.1) is 0 Å². The zero-order chi connectivity index (χ0) is 15.2. The van der Waals surface area contributed by atoms with Crippen LogP contribution in [0.1, 0.15) is 31.1 Å². The molecule has 4 heteroatoms. The molecule has 1 unspecified atom stereocenters. The summed E-state index contributed by atoms with van der Waals surface area (Å²) >= 11 is 0. The Balaban J connectivity index is 2.08. The number of aryl methyl sites for hydroxylation is 1. The van der Waals surface area contributed by atoms with Gasteiger partial charge in [-0.2, -0.15) is 0 Å². The molecule has 1 heterocycles. The van der Waals surface area contributed by atoms with Crippen LogP contribution >= 0.6 is 0 Å². The molecule has 21 heavy (non-hydrogen) atoms. The first kappa shape index (κ1) is 15.4. The third-order valence-corrected chi connectivity index (χ3v) is 3.76. The van der Waals surface area contributed by atoms with Gasteiger partial charge in [-0.25, -0.2) is 0 Å². The molecule has 4 nitrogen and oxygen atoms in total. The van der Waals surface area contributed by atoms with E-state index in [1.807, 2.05) is 18.2 Å². The van der Waals surface area contributed by atoms with Gasteiger partial charge in [0.2, 0.25) is 0 Å². The number of ether oxygens (including phenoxy) is 2. The van der Waals surface area contributed by atoms with Gasteiger partial charge in [-0.3, -0.25) is 0 Å². The second-order valence-corrected chi connectivity index (χ2v) is 5.00. The summed E-state index contributed by atoms with van der Waals surface area (Å²) in [6, 6.07) is 10.4. The Morgan fingerprint density at radius 3 is 2.67 bits per heavy atom. The number of rotatable bonds is 7. The number of nitrogens with one attached hydrogen (secondary N) is 1. The van der Waals surface area contributed by atoms with Crippen LogP contribution in [0.25, 0.3) is 0 Å². The van der Waals surface area contributed by atoms with Crippen molar-refractivity contribution in [2.24, 2.45) is 0 Å². The molecule has 0 aliphatic rings. The summed E-state index contributed by atoms with van der Waals surface area (Å²) in [5, 5.41) is 3.55. The zero-order valence-electron chi connectivity index (χ0n) is 13.2. The number of methoxy groups -OCH3 is 2. The van der Waals surface area contributed by atoms with Crippen molar-refractivity contribution in [2.45, 2.75) is 33.0 Å². The fourth-order valence-corrected chi connectivity index (χ4v) is 2.46. The van der Waals surface area contributed by atoms with Crippen molar-refractivity contribution in [3.05, 3.63) is 47.8 Å². The van der Waals surface area contributed by atoms with Crippen molar-refractivity contribution in [1.82, 2.24) is 9.88 Å². The molecule has 1 atom stereocenters. The molecular weight excluding hydrogens is 264 g/mol. The molecule has 2 aromatic rings. The summed E-state index contributed by atoms with van der Waals surface area (Å²) < 4.78 is 12.9. The number of hydrogen-bond acceptors (Lipinski definition) is 3. The van der Waals surface area contributed by atoms with Gasteiger partial charge in [0, 0.05) is 42.7 Å². The molecule has 114 valence electrons. The lowest BCUT2D eigenvalue weighted by atomic mass is 10.1. The Bertz CT molecular complexity index is 578. The first-order valence-corrected chi connectivity index (χ1v) is 7.29. The Morgan fingerprint density at radius 2 is 2.00 bits per heavy atom. The molecule has 2 rings (SSSR count). The van der Waals surface area contributed by atoms with Gasteiger partial charge in [0.1, 0.15) is 11.5 Å². The molecule has 0 spiro atoms. The van der Waals surface area contributed by atoms with Gasteiger partial charge in [0.25, 0.3) is 0 Å². The van der Waals surface area contributed by atoms with E-state index in [0.29, 0.717) is 0 Å². The highest BCUT2D eigenvalue weighted by atomic mass is 16.5. The van der Waals surface area contributed by atoms with E-state index in [-0.39, 0.29) is 6.04 Å². The highest BCUT2D eigenvalue weighted by Crippen LogP contribution is 2.29. The Morgan fingerprint density at radius 1 is 1.19 bits per heavy atom. The van der Waals surface area contributed by atoms with E-state index in [0.717, 1.165) is 30.2 Å². The van der Waals surface area contributed by atoms with E-state index in [4.69, 9.17) is 9.47 Å². The average molecular weight is 288 g/mol. The fraction of sp³-hybridized carbons (Fsp3) is 0.412. The molecule has 0 bridgehead atoms. The van der Waals surface area contributed by atoms with Crippen LogP contribution in [0.2, 0.25) is 0 Å². The van der Waals surface area contributed by atoms with Gasteiger partial charge in [-0.05, 0) is 32.0 Å². The highest BCUT2D eigenvalue weighted by molar-refractivity contribution is 5.42. The Kier molecular flexibility index (Phi) is 5.28. The minimum Gasteiger partial charge on any atom is -0.497 e. The first-order chi connectivity index (χ1) is 10.2. The average Bonchev–Trinajstić information content (AvgIpc) is 2.99. The maximum absolute atomic E-state index is 5.47. The van der Waals surface area contributed by atoms with Crippen LogP contribution in [-0.2, 0) is 13.1 Å². The van der Waals surface area contributed by atoms with Gasteiger partial charge < -0.3 is 19.4 Å². The summed E-state index contributed by atoms with van der Waals surface area (Å²) in [7, 11) is 3.35. The van der Waals surface area contributed by atoms with Crippen molar-refractivity contribution in [3.63, 3.8) is 0 Å². The fourth-order valence-electron chi connectivity index (χ4n) is 2.46. The standard InChI is InChI=1S/C17H24N2O2/c1-5-19-10-6-7-14(19)12-18-13(2)16-9-8-15(20-3)11-17(16)21-4/h6-11,13,18H,5,12H2,1-4H3. The SMILES string of the molecule is CCn1cccc1CNC(C)c1ccc(OC)cc1OC. The summed E-state index contributed by atoms with van der Waals surface area (Å²) in [6.07, 6.45) is 2.11. The van der Waals surface area contributed by atoms with Crippen LogP contribution in [0.5, 0.6) is 11.5 Å². The van der Waals surface area contributed by atoms with E-state index in [2.05, 4.69) is 42.1 Å². The molecule has 0 aliphatic heterocycles.